The molecule has 0 amide bonds. The standard InChI is InChI=1S/3C10H8N2.2ClHO4.Ru/c3*1-3-7-11-9(5-1)10-6-2-4-8-12-10;2*2-1(3,4)5;/h3*1-8H;2*(H,2,3,4,5);/q;;;;;+2/p-2. The van der Waals surface area contributed by atoms with E-state index in [4.69, 9.17) is 37.3 Å². The van der Waals surface area contributed by atoms with Crippen LogP contribution in [0.15, 0.2) is 146 Å². The zero-order valence-corrected chi connectivity index (χ0v) is 27.2. The first-order valence-corrected chi connectivity index (χ1v) is 15.1. The van der Waals surface area contributed by atoms with Gasteiger partial charge in [0.15, 0.2) is 0 Å². The number of hydrogen-bond acceptors (Lipinski definition) is 14. The monoisotopic (exact) mass is 768 g/mol. The van der Waals surface area contributed by atoms with Gasteiger partial charge in [0, 0.05) is 37.2 Å². The second-order valence-corrected chi connectivity index (χ2v) is 9.56. The Balaban J connectivity index is 0.000000307. The van der Waals surface area contributed by atoms with Crippen molar-refractivity contribution in [2.24, 2.45) is 0 Å². The first-order chi connectivity index (χ1) is 21.9. The van der Waals surface area contributed by atoms with Gasteiger partial charge < -0.3 is 0 Å². The fourth-order valence-corrected chi connectivity index (χ4v) is 3.09. The van der Waals surface area contributed by atoms with Crippen molar-refractivity contribution >= 4 is 0 Å². The Morgan fingerprint density at radius 3 is 0.489 bits per heavy atom. The minimum absolute atomic E-state index is 0. The van der Waals surface area contributed by atoms with Crippen LogP contribution in [0.3, 0.4) is 0 Å². The van der Waals surface area contributed by atoms with Crippen molar-refractivity contribution in [1.82, 2.24) is 29.9 Å². The Hall–Kier alpha value is -4.22. The quantitative estimate of drug-likeness (QED) is 0.162. The van der Waals surface area contributed by atoms with E-state index in [0.717, 1.165) is 34.2 Å². The summed E-state index contributed by atoms with van der Waals surface area (Å²) < 4.78 is 67.9. The molecule has 0 atom stereocenters. The molecule has 6 rings (SSSR count). The van der Waals surface area contributed by atoms with E-state index >= 15 is 0 Å². The van der Waals surface area contributed by atoms with Gasteiger partial charge in [-0.15, -0.1) is 20.5 Å². The third-order valence-corrected chi connectivity index (χ3v) is 4.78. The van der Waals surface area contributed by atoms with E-state index in [2.05, 4.69) is 29.9 Å². The van der Waals surface area contributed by atoms with Crippen LogP contribution in [0, 0.1) is 20.5 Å². The molecule has 6 aromatic rings. The molecule has 0 unspecified atom stereocenters. The molecule has 0 aliphatic carbocycles. The fraction of sp³-hybridized carbons (Fsp3) is 0. The molecule has 0 spiro atoms. The largest absolute Gasteiger partial charge is 2.00 e. The third kappa shape index (κ3) is 21.3. The van der Waals surface area contributed by atoms with Crippen LogP contribution in [0.2, 0.25) is 0 Å². The van der Waals surface area contributed by atoms with Gasteiger partial charge in [-0.05, 0) is 72.8 Å². The summed E-state index contributed by atoms with van der Waals surface area (Å²) in [6.45, 7) is 0. The number of pyridine rings is 6. The number of nitrogens with zero attached hydrogens (tertiary/aromatic N) is 6. The molecule has 0 aliphatic heterocycles. The molecule has 17 heteroatoms. The maximum absolute atomic E-state index is 8.49. The van der Waals surface area contributed by atoms with Gasteiger partial charge in [-0.3, -0.25) is 29.9 Å². The topological polar surface area (TPSA) is 262 Å². The molecule has 0 aliphatic rings. The van der Waals surface area contributed by atoms with Crippen LogP contribution >= 0.6 is 0 Å². The molecule has 14 nitrogen and oxygen atoms in total. The second kappa shape index (κ2) is 22.3. The summed E-state index contributed by atoms with van der Waals surface area (Å²) in [5.74, 6) is 0. The van der Waals surface area contributed by atoms with Gasteiger partial charge >= 0.3 is 19.5 Å². The second-order valence-electron chi connectivity index (χ2n) is 8.05. The molecular weight excluding hydrogens is 744 g/mol. The van der Waals surface area contributed by atoms with E-state index in [1.165, 1.54) is 0 Å². The molecule has 6 heterocycles. The molecule has 0 saturated carbocycles. The van der Waals surface area contributed by atoms with Crippen molar-refractivity contribution in [2.45, 2.75) is 0 Å². The van der Waals surface area contributed by atoms with Gasteiger partial charge in [0.2, 0.25) is 0 Å². The van der Waals surface area contributed by atoms with Crippen molar-refractivity contribution < 1.29 is 77.2 Å². The van der Waals surface area contributed by atoms with Crippen LogP contribution in [0.4, 0.5) is 0 Å². The van der Waals surface area contributed by atoms with Crippen LogP contribution in [-0.4, -0.2) is 29.9 Å². The number of rotatable bonds is 3. The van der Waals surface area contributed by atoms with Gasteiger partial charge in [0.1, 0.15) is 0 Å². The molecule has 47 heavy (non-hydrogen) atoms. The average molecular weight is 769 g/mol. The number of hydrogen-bond donors (Lipinski definition) is 0. The maximum Gasteiger partial charge on any atom is 2.00 e. The molecule has 0 aromatic carbocycles. The van der Waals surface area contributed by atoms with Crippen molar-refractivity contribution in [3.8, 4) is 34.2 Å². The molecule has 0 radical (unpaired) electrons. The minimum atomic E-state index is -4.94. The molecule has 0 fully saturated rings. The van der Waals surface area contributed by atoms with Crippen LogP contribution in [0.5, 0.6) is 0 Å². The van der Waals surface area contributed by atoms with Crippen molar-refractivity contribution in [3.05, 3.63) is 146 Å². The maximum atomic E-state index is 8.49. The van der Waals surface area contributed by atoms with E-state index in [0.29, 0.717) is 0 Å². The fourth-order valence-electron chi connectivity index (χ4n) is 3.09. The summed E-state index contributed by atoms with van der Waals surface area (Å²) in [6.07, 6.45) is 10.6. The minimum Gasteiger partial charge on any atom is -0.255 e. The van der Waals surface area contributed by atoms with Crippen molar-refractivity contribution in [3.63, 3.8) is 0 Å². The van der Waals surface area contributed by atoms with E-state index in [1.54, 1.807) is 37.2 Å². The Bertz CT molecular complexity index is 1300. The van der Waals surface area contributed by atoms with E-state index in [1.807, 2.05) is 109 Å². The third-order valence-electron chi connectivity index (χ3n) is 4.78. The van der Waals surface area contributed by atoms with Crippen molar-refractivity contribution in [2.75, 3.05) is 0 Å². The molecular formula is C30H24Cl2N6O8Ru. The van der Waals surface area contributed by atoms with Crippen LogP contribution < -0.4 is 37.3 Å². The van der Waals surface area contributed by atoms with Gasteiger partial charge in [-0.25, -0.2) is 37.3 Å². The smallest absolute Gasteiger partial charge is 0.255 e. The summed E-state index contributed by atoms with van der Waals surface area (Å²) in [5, 5.41) is 0. The summed E-state index contributed by atoms with van der Waals surface area (Å²) in [7, 11) is -9.89. The molecule has 244 valence electrons. The summed E-state index contributed by atoms with van der Waals surface area (Å²) in [4.78, 5) is 25.1. The Morgan fingerprint density at radius 1 is 0.277 bits per heavy atom. The Kier molecular flexibility index (Phi) is 19.4. The first-order valence-electron chi connectivity index (χ1n) is 12.6. The molecule has 0 N–H and O–H groups in total. The SMILES string of the molecule is [O-][Cl+3]([O-])([O-])[O-].[O-][Cl+3]([O-])([O-])[O-].[Ru+2].c1ccc(-c2ccccn2)nc1.c1ccc(-c2ccccn2)nc1.c1ccc(-c2ccccn2)nc1. The van der Waals surface area contributed by atoms with Crippen LogP contribution in [0.25, 0.3) is 34.2 Å². The molecule has 0 saturated heterocycles. The van der Waals surface area contributed by atoms with Crippen LogP contribution in [0.1, 0.15) is 0 Å². The normalized spacial score (nSPS) is 9.96. The van der Waals surface area contributed by atoms with E-state index < -0.39 is 20.5 Å². The summed E-state index contributed by atoms with van der Waals surface area (Å²) >= 11 is 0. The zero-order valence-electron chi connectivity index (χ0n) is 23.9. The molecule has 0 bridgehead atoms. The zero-order chi connectivity index (χ0) is 33.7. The van der Waals surface area contributed by atoms with Gasteiger partial charge in [0.25, 0.3) is 0 Å². The first kappa shape index (κ1) is 40.8. The van der Waals surface area contributed by atoms with Crippen LogP contribution in [-0.2, 0) is 19.5 Å². The van der Waals surface area contributed by atoms with Gasteiger partial charge in [-0.2, -0.15) is 0 Å². The van der Waals surface area contributed by atoms with E-state index in [9.17, 15) is 0 Å². The number of halogens is 2. The molecule has 6 aromatic heterocycles. The predicted molar refractivity (Wildman–Crippen MR) is 142 cm³/mol. The predicted octanol–water partition coefficient (Wildman–Crippen LogP) is -3.08. The van der Waals surface area contributed by atoms with Gasteiger partial charge in [-0.1, -0.05) is 36.4 Å². The van der Waals surface area contributed by atoms with Crippen molar-refractivity contribution in [1.29, 1.82) is 0 Å². The summed E-state index contributed by atoms with van der Waals surface area (Å²) in [5.41, 5.74) is 5.49. The number of aromatic nitrogens is 6. The average Bonchev–Trinajstić information content (AvgIpc) is 3.06. The van der Waals surface area contributed by atoms with Gasteiger partial charge in [0.05, 0.1) is 34.2 Å². The van der Waals surface area contributed by atoms with E-state index in [-0.39, 0.29) is 19.5 Å². The summed E-state index contributed by atoms with van der Waals surface area (Å²) in [6, 6.07) is 34.8. The Labute approximate surface area is 286 Å². The Morgan fingerprint density at radius 2 is 0.404 bits per heavy atom.